The zero-order valence-electron chi connectivity index (χ0n) is 11.1. The number of hydrogen-bond acceptors (Lipinski definition) is 5. The van der Waals surface area contributed by atoms with Crippen LogP contribution in [-0.2, 0) is 12.8 Å². The summed E-state index contributed by atoms with van der Waals surface area (Å²) < 4.78 is 0. The summed E-state index contributed by atoms with van der Waals surface area (Å²) >= 11 is 0. The van der Waals surface area contributed by atoms with E-state index in [9.17, 15) is 20.1 Å². The summed E-state index contributed by atoms with van der Waals surface area (Å²) in [5.41, 5.74) is 1.54. The van der Waals surface area contributed by atoms with Crippen LogP contribution < -0.4 is 0 Å². The van der Waals surface area contributed by atoms with Crippen molar-refractivity contribution in [2.75, 3.05) is 0 Å². The van der Waals surface area contributed by atoms with E-state index in [0.29, 0.717) is 6.42 Å². The Balaban J connectivity index is 2.18. The van der Waals surface area contributed by atoms with Crippen molar-refractivity contribution in [3.05, 3.63) is 53.1 Å². The normalized spacial score (nSPS) is 10.0. The second-order valence-electron chi connectivity index (χ2n) is 4.61. The molecule has 0 aliphatic rings. The minimum Gasteiger partial charge on any atom is -0.507 e. The lowest BCUT2D eigenvalue weighted by atomic mass is 10.0. The van der Waals surface area contributed by atoms with Gasteiger partial charge in [-0.05, 0) is 17.2 Å². The summed E-state index contributed by atoms with van der Waals surface area (Å²) in [7, 11) is 0. The van der Waals surface area contributed by atoms with E-state index in [-0.39, 0.29) is 23.5 Å². The predicted octanol–water partition coefficient (Wildman–Crippen LogP) is 2.29. The quantitative estimate of drug-likeness (QED) is 0.454. The Morgan fingerprint density at radius 3 is 2.14 bits per heavy atom. The third kappa shape index (κ3) is 3.31. The lowest BCUT2D eigenvalue weighted by Crippen LogP contribution is -2.04. The molecule has 0 atom stereocenters. The van der Waals surface area contributed by atoms with E-state index in [1.807, 2.05) is 6.07 Å². The molecule has 21 heavy (non-hydrogen) atoms. The number of ketones is 1. The zero-order chi connectivity index (χ0) is 15.4. The number of hydrogen-bond donors (Lipinski definition) is 3. The molecule has 2 aromatic rings. The molecule has 0 saturated heterocycles. The molecule has 3 N–H and O–H groups in total. The molecule has 0 aliphatic heterocycles. The van der Waals surface area contributed by atoms with Gasteiger partial charge in [0.25, 0.3) is 0 Å². The fourth-order valence-electron chi connectivity index (χ4n) is 1.94. The highest BCUT2D eigenvalue weighted by molar-refractivity contribution is 6.00. The Labute approximate surface area is 121 Å². The summed E-state index contributed by atoms with van der Waals surface area (Å²) in [6, 6.07) is 11.0. The number of rotatable bonds is 4. The van der Waals surface area contributed by atoms with Gasteiger partial charge in [0, 0.05) is 12.5 Å². The van der Waals surface area contributed by atoms with Crippen LogP contribution in [-0.4, -0.2) is 21.1 Å². The van der Waals surface area contributed by atoms with Crippen LogP contribution in [0.2, 0.25) is 0 Å². The molecule has 0 amide bonds. The van der Waals surface area contributed by atoms with Gasteiger partial charge in [-0.15, -0.1) is 0 Å². The average Bonchev–Trinajstić information content (AvgIpc) is 2.45. The average molecular weight is 283 g/mol. The number of carbonyl (C=O) groups is 1. The van der Waals surface area contributed by atoms with Gasteiger partial charge in [-0.1, -0.05) is 24.3 Å². The highest BCUT2D eigenvalue weighted by Gasteiger charge is 2.15. The number of nitriles is 1. The van der Waals surface area contributed by atoms with E-state index in [1.165, 1.54) is 0 Å². The summed E-state index contributed by atoms with van der Waals surface area (Å²) in [4.78, 5) is 12.1. The lowest BCUT2D eigenvalue weighted by Gasteiger charge is -2.06. The minimum atomic E-state index is -0.482. The highest BCUT2D eigenvalue weighted by atomic mass is 16.3. The first-order chi connectivity index (χ1) is 10.0. The van der Waals surface area contributed by atoms with Crippen molar-refractivity contribution >= 4 is 5.78 Å². The second kappa shape index (κ2) is 5.97. The summed E-state index contributed by atoms with van der Waals surface area (Å²) in [6.45, 7) is 0. The number of aromatic hydroxyl groups is 3. The number of phenolic OH excluding ortho intramolecular Hbond substituents is 3. The molecule has 2 aromatic carbocycles. The van der Waals surface area contributed by atoms with Crippen molar-refractivity contribution in [3.8, 4) is 23.3 Å². The van der Waals surface area contributed by atoms with Gasteiger partial charge in [-0.3, -0.25) is 4.79 Å². The maximum atomic E-state index is 12.1. The van der Waals surface area contributed by atoms with Gasteiger partial charge in [0.05, 0.1) is 18.1 Å². The molecular weight excluding hydrogens is 270 g/mol. The molecule has 0 heterocycles. The third-order valence-electron chi connectivity index (χ3n) is 3.06. The first-order valence-corrected chi connectivity index (χ1v) is 6.24. The number of nitrogens with zero attached hydrogens (tertiary/aromatic N) is 1. The highest BCUT2D eigenvalue weighted by Crippen LogP contribution is 2.32. The first-order valence-electron chi connectivity index (χ1n) is 6.24. The monoisotopic (exact) mass is 283 g/mol. The molecule has 0 unspecified atom stereocenters. The van der Waals surface area contributed by atoms with Crippen LogP contribution in [0.15, 0.2) is 36.4 Å². The lowest BCUT2D eigenvalue weighted by molar-refractivity contribution is 0.0990. The van der Waals surface area contributed by atoms with E-state index in [4.69, 9.17) is 5.26 Å². The van der Waals surface area contributed by atoms with Crippen LogP contribution in [0.25, 0.3) is 0 Å². The molecule has 0 bridgehead atoms. The summed E-state index contributed by atoms with van der Waals surface area (Å²) in [5, 5.41) is 36.9. The second-order valence-corrected chi connectivity index (χ2v) is 4.61. The van der Waals surface area contributed by atoms with E-state index in [2.05, 4.69) is 0 Å². The molecule has 0 saturated carbocycles. The van der Waals surface area contributed by atoms with Crippen LogP contribution in [0.3, 0.4) is 0 Å². The summed E-state index contributed by atoms with van der Waals surface area (Å²) in [5.74, 6) is -1.70. The van der Waals surface area contributed by atoms with Gasteiger partial charge >= 0.3 is 0 Å². The number of benzene rings is 2. The predicted molar refractivity (Wildman–Crippen MR) is 75.2 cm³/mol. The molecule has 106 valence electrons. The number of carbonyl (C=O) groups excluding carboxylic acids is 1. The SMILES string of the molecule is N#CCc1ccc(CC(=O)c2cc(O)c(O)cc2O)cc1. The van der Waals surface area contributed by atoms with E-state index < -0.39 is 11.5 Å². The maximum absolute atomic E-state index is 12.1. The van der Waals surface area contributed by atoms with Crippen molar-refractivity contribution in [2.24, 2.45) is 0 Å². The van der Waals surface area contributed by atoms with E-state index in [1.54, 1.807) is 24.3 Å². The van der Waals surface area contributed by atoms with Crippen LogP contribution in [0.1, 0.15) is 21.5 Å². The maximum Gasteiger partial charge on any atom is 0.171 e. The van der Waals surface area contributed by atoms with Gasteiger partial charge in [-0.25, -0.2) is 0 Å². The molecule has 0 aliphatic carbocycles. The van der Waals surface area contributed by atoms with Crippen LogP contribution in [0.4, 0.5) is 0 Å². The molecule has 5 heteroatoms. The van der Waals surface area contributed by atoms with Crippen molar-refractivity contribution in [3.63, 3.8) is 0 Å². The van der Waals surface area contributed by atoms with Gasteiger partial charge in [0.1, 0.15) is 5.75 Å². The fourth-order valence-corrected chi connectivity index (χ4v) is 1.94. The molecule has 2 rings (SSSR count). The molecule has 0 radical (unpaired) electrons. The standard InChI is InChI=1S/C16H13NO4/c17-6-5-10-1-3-11(4-2-10)7-13(18)12-8-15(20)16(21)9-14(12)19/h1-4,8-9,19-21H,5,7H2. The van der Waals surface area contributed by atoms with Gasteiger partial charge in [0.2, 0.25) is 0 Å². The first kappa shape index (κ1) is 14.4. The molecule has 0 fully saturated rings. The van der Waals surface area contributed by atoms with Crippen molar-refractivity contribution in [1.82, 2.24) is 0 Å². The minimum absolute atomic E-state index is 0.0462. The smallest absolute Gasteiger partial charge is 0.171 e. The Hall–Kier alpha value is -3.00. The third-order valence-corrected chi connectivity index (χ3v) is 3.06. The van der Waals surface area contributed by atoms with Gasteiger partial charge in [0.15, 0.2) is 17.3 Å². The number of phenols is 3. The summed E-state index contributed by atoms with van der Waals surface area (Å²) in [6.07, 6.45) is 0.353. The van der Waals surface area contributed by atoms with E-state index >= 15 is 0 Å². The zero-order valence-corrected chi connectivity index (χ0v) is 11.1. The van der Waals surface area contributed by atoms with Crippen molar-refractivity contribution in [1.29, 1.82) is 5.26 Å². The topological polar surface area (TPSA) is 102 Å². The largest absolute Gasteiger partial charge is 0.507 e. The van der Waals surface area contributed by atoms with Gasteiger partial charge in [-0.2, -0.15) is 5.26 Å². The Kier molecular flexibility index (Phi) is 4.10. The Bertz CT molecular complexity index is 714. The molecule has 0 spiro atoms. The van der Waals surface area contributed by atoms with Crippen molar-refractivity contribution < 1.29 is 20.1 Å². The fraction of sp³-hybridized carbons (Fsp3) is 0.125. The Morgan fingerprint density at radius 1 is 0.952 bits per heavy atom. The van der Waals surface area contributed by atoms with Crippen molar-refractivity contribution in [2.45, 2.75) is 12.8 Å². The molecule has 5 nitrogen and oxygen atoms in total. The van der Waals surface area contributed by atoms with Gasteiger partial charge < -0.3 is 15.3 Å². The molecular formula is C16H13NO4. The van der Waals surface area contributed by atoms with E-state index in [0.717, 1.165) is 23.3 Å². The van der Waals surface area contributed by atoms with Crippen LogP contribution >= 0.6 is 0 Å². The van der Waals surface area contributed by atoms with Crippen LogP contribution in [0.5, 0.6) is 17.2 Å². The molecule has 0 aromatic heterocycles. The van der Waals surface area contributed by atoms with Crippen LogP contribution in [0, 0.1) is 11.3 Å². The Morgan fingerprint density at radius 2 is 1.52 bits per heavy atom. The number of Topliss-reactive ketones (excluding diaryl/α,β-unsaturated/α-hetero) is 1.